The van der Waals surface area contributed by atoms with Crippen molar-refractivity contribution < 1.29 is 4.84 Å². The quantitative estimate of drug-likeness (QED) is 0.372. The Bertz CT molecular complexity index is 66.1. The van der Waals surface area contributed by atoms with Crippen molar-refractivity contribution in [3.8, 4) is 0 Å². The molecule has 0 aromatic carbocycles. The fourth-order valence-electron chi connectivity index (χ4n) is 0.393. The molecule has 40 valence electrons. The summed E-state index contributed by atoms with van der Waals surface area (Å²) in [4.78, 5) is 4.87. The molecular formula is C4H8NOP. The molecule has 1 heterocycles. The minimum absolute atomic E-state index is 0.715. The lowest BCUT2D eigenvalue weighted by molar-refractivity contribution is 0.127. The first-order chi connectivity index (χ1) is 3.50. The van der Waals surface area contributed by atoms with Gasteiger partial charge in [-0.1, -0.05) is 12.2 Å². The van der Waals surface area contributed by atoms with Crippen molar-refractivity contribution in [3.63, 3.8) is 0 Å². The van der Waals surface area contributed by atoms with Gasteiger partial charge in [-0.3, -0.25) is 4.84 Å². The molecule has 3 heteroatoms. The molecule has 0 radical (unpaired) electrons. The number of nitrogens with one attached hydrogen (secondary N) is 1. The van der Waals surface area contributed by atoms with Crippen LogP contribution in [0.25, 0.3) is 0 Å². The van der Waals surface area contributed by atoms with Gasteiger partial charge in [0.15, 0.2) is 0 Å². The van der Waals surface area contributed by atoms with Gasteiger partial charge in [-0.2, -0.15) is 5.25 Å². The molecule has 1 aliphatic rings. The average molecular weight is 117 g/mol. The van der Waals surface area contributed by atoms with E-state index >= 15 is 0 Å². The Morgan fingerprint density at radius 3 is 3.57 bits per heavy atom. The second kappa shape index (κ2) is 3.14. The van der Waals surface area contributed by atoms with Crippen molar-refractivity contribution in [2.75, 3.05) is 12.8 Å². The van der Waals surface area contributed by atoms with Gasteiger partial charge in [-0.15, -0.1) is 0 Å². The molecule has 0 amide bonds. The first kappa shape index (κ1) is 5.23. The lowest BCUT2D eigenvalue weighted by atomic mass is 10.6. The van der Waals surface area contributed by atoms with Gasteiger partial charge in [-0.25, -0.2) is 0 Å². The predicted molar refractivity (Wildman–Crippen MR) is 31.4 cm³/mol. The minimum Gasteiger partial charge on any atom is -0.294 e. The molecule has 0 bridgehead atoms. The third kappa shape index (κ3) is 2.03. The zero-order valence-corrected chi connectivity index (χ0v) is 4.98. The summed E-state index contributed by atoms with van der Waals surface area (Å²) >= 11 is 0. The smallest absolute Gasteiger partial charge is 0.0867 e. The summed E-state index contributed by atoms with van der Waals surface area (Å²) in [7, 11) is 0.736. The molecule has 2 nitrogen and oxygen atoms in total. The summed E-state index contributed by atoms with van der Waals surface area (Å²) in [6.07, 6.45) is 5.26. The molecule has 0 aromatic rings. The molecular weight excluding hydrogens is 109 g/mol. The van der Waals surface area contributed by atoms with Crippen molar-refractivity contribution in [3.05, 3.63) is 12.2 Å². The van der Waals surface area contributed by atoms with E-state index in [2.05, 4.69) is 11.3 Å². The molecule has 0 fully saturated rings. The predicted octanol–water partition coefficient (Wildman–Crippen LogP) is 0.671. The summed E-state index contributed by atoms with van der Waals surface area (Å²) in [5.41, 5.74) is 0. The lowest BCUT2D eigenvalue weighted by Crippen LogP contribution is -2.00. The van der Waals surface area contributed by atoms with Crippen LogP contribution in [0.2, 0.25) is 0 Å². The molecule has 0 saturated carbocycles. The van der Waals surface area contributed by atoms with Gasteiger partial charge >= 0.3 is 0 Å². The lowest BCUT2D eigenvalue weighted by Gasteiger charge is -1.94. The fraction of sp³-hybridized carbons (Fsp3) is 0.500. The zero-order valence-electron chi connectivity index (χ0n) is 3.98. The van der Waals surface area contributed by atoms with E-state index in [1.54, 1.807) is 0 Å². The van der Waals surface area contributed by atoms with Crippen LogP contribution in [-0.2, 0) is 4.84 Å². The third-order valence-corrected chi connectivity index (χ3v) is 1.44. The SMILES string of the molecule is C1=CCPNOC1. The van der Waals surface area contributed by atoms with Crippen LogP contribution in [0.15, 0.2) is 12.2 Å². The normalized spacial score (nSPS) is 25.1. The van der Waals surface area contributed by atoms with Crippen molar-refractivity contribution in [2.24, 2.45) is 0 Å². The second-order valence-corrected chi connectivity index (χ2v) is 2.23. The van der Waals surface area contributed by atoms with Gasteiger partial charge in [0, 0.05) is 0 Å². The van der Waals surface area contributed by atoms with Gasteiger partial charge in [0.05, 0.1) is 6.61 Å². The van der Waals surface area contributed by atoms with E-state index in [4.69, 9.17) is 4.84 Å². The number of hydrogen-bond acceptors (Lipinski definition) is 2. The van der Waals surface area contributed by atoms with Gasteiger partial charge in [0.25, 0.3) is 0 Å². The van der Waals surface area contributed by atoms with Crippen LogP contribution in [0.1, 0.15) is 0 Å². The van der Waals surface area contributed by atoms with Crippen LogP contribution in [0.5, 0.6) is 0 Å². The Hall–Kier alpha value is 0.0900. The van der Waals surface area contributed by atoms with Crippen molar-refractivity contribution in [1.29, 1.82) is 0 Å². The molecule has 1 unspecified atom stereocenters. The Balaban J connectivity index is 2.20. The highest BCUT2D eigenvalue weighted by atomic mass is 31.1. The molecule has 1 aliphatic heterocycles. The first-order valence-corrected chi connectivity index (χ1v) is 3.45. The molecule has 7 heavy (non-hydrogen) atoms. The second-order valence-electron chi connectivity index (χ2n) is 1.27. The van der Waals surface area contributed by atoms with Crippen molar-refractivity contribution in [1.82, 2.24) is 5.25 Å². The Morgan fingerprint density at radius 2 is 2.57 bits per heavy atom. The minimum atomic E-state index is 0.715. The van der Waals surface area contributed by atoms with Gasteiger partial charge in [0.1, 0.15) is 0 Å². The van der Waals surface area contributed by atoms with E-state index in [0.717, 1.165) is 14.9 Å². The molecule has 1 rings (SSSR count). The van der Waals surface area contributed by atoms with E-state index in [0.29, 0.717) is 6.61 Å². The molecule has 0 aromatic heterocycles. The van der Waals surface area contributed by atoms with Crippen molar-refractivity contribution >= 4 is 8.73 Å². The number of hydrogen-bond donors (Lipinski definition) is 1. The molecule has 0 saturated heterocycles. The van der Waals surface area contributed by atoms with E-state index in [-0.39, 0.29) is 0 Å². The van der Waals surface area contributed by atoms with Crippen LogP contribution in [0.4, 0.5) is 0 Å². The monoisotopic (exact) mass is 117 g/mol. The van der Waals surface area contributed by atoms with Crippen LogP contribution in [0, 0.1) is 0 Å². The Morgan fingerprint density at radius 1 is 1.57 bits per heavy atom. The van der Waals surface area contributed by atoms with Gasteiger partial charge in [0.2, 0.25) is 0 Å². The molecule has 0 spiro atoms. The molecule has 1 atom stereocenters. The van der Waals surface area contributed by atoms with E-state index < -0.39 is 0 Å². The summed E-state index contributed by atoms with van der Waals surface area (Å²) in [5, 5.41) is 2.81. The standard InChI is InChI=1S/C4H8NOP/c1-2-4-7-5-6-3-1/h1-2,5,7H,3-4H2. The van der Waals surface area contributed by atoms with Crippen LogP contribution < -0.4 is 5.25 Å². The van der Waals surface area contributed by atoms with E-state index in [1.165, 1.54) is 0 Å². The number of allylic oxidation sites excluding steroid dienone is 1. The molecule has 1 N–H and O–H groups in total. The maximum atomic E-state index is 4.87. The topological polar surface area (TPSA) is 21.3 Å². The number of rotatable bonds is 0. The maximum Gasteiger partial charge on any atom is 0.0867 e. The summed E-state index contributed by atoms with van der Waals surface area (Å²) in [6, 6.07) is 0. The highest BCUT2D eigenvalue weighted by Crippen LogP contribution is 2.04. The van der Waals surface area contributed by atoms with Crippen molar-refractivity contribution in [2.45, 2.75) is 0 Å². The largest absolute Gasteiger partial charge is 0.294 e. The average Bonchev–Trinajstić information content (AvgIpc) is 1.90. The summed E-state index contributed by atoms with van der Waals surface area (Å²) < 4.78 is 0. The van der Waals surface area contributed by atoms with Gasteiger partial charge < -0.3 is 0 Å². The van der Waals surface area contributed by atoms with E-state index in [1.807, 2.05) is 6.08 Å². The first-order valence-electron chi connectivity index (χ1n) is 2.25. The summed E-state index contributed by atoms with van der Waals surface area (Å²) in [6.45, 7) is 0.715. The van der Waals surface area contributed by atoms with Crippen LogP contribution in [0.3, 0.4) is 0 Å². The van der Waals surface area contributed by atoms with Crippen LogP contribution in [-0.4, -0.2) is 12.8 Å². The maximum absolute atomic E-state index is 4.87. The zero-order chi connectivity index (χ0) is 4.95. The van der Waals surface area contributed by atoms with E-state index in [9.17, 15) is 0 Å². The third-order valence-electron chi connectivity index (χ3n) is 0.710. The summed E-state index contributed by atoms with van der Waals surface area (Å²) in [5.74, 6) is 0. The van der Waals surface area contributed by atoms with Gasteiger partial charge in [-0.05, 0) is 14.9 Å². The Labute approximate surface area is 44.7 Å². The van der Waals surface area contributed by atoms with Crippen LogP contribution >= 0.6 is 8.73 Å². The highest BCUT2D eigenvalue weighted by Gasteiger charge is 1.85. The molecule has 0 aliphatic carbocycles. The fourth-order valence-corrected chi connectivity index (χ4v) is 0.946. The Kier molecular flexibility index (Phi) is 2.35. The highest BCUT2D eigenvalue weighted by molar-refractivity contribution is 7.35.